The molecule has 3 N–H and O–H groups in total. The van der Waals surface area contributed by atoms with Crippen LogP contribution in [0.4, 0.5) is 4.39 Å². The number of nitrogens with one attached hydrogen (secondary N) is 3. The first-order chi connectivity index (χ1) is 13.6. The molecule has 6 nitrogen and oxygen atoms in total. The molecule has 0 aliphatic heterocycles. The molecule has 0 aromatic heterocycles. The maximum atomic E-state index is 13.3. The van der Waals surface area contributed by atoms with Gasteiger partial charge in [-0.05, 0) is 63.1 Å². The van der Waals surface area contributed by atoms with E-state index in [0.717, 1.165) is 12.1 Å². The molecule has 0 saturated carbocycles. The van der Waals surface area contributed by atoms with Gasteiger partial charge < -0.3 is 10.6 Å². The molecule has 0 spiro atoms. The summed E-state index contributed by atoms with van der Waals surface area (Å²) in [5.74, 6) is 0.263. The Morgan fingerprint density at radius 3 is 2.37 bits per heavy atom. The van der Waals surface area contributed by atoms with Gasteiger partial charge in [-0.1, -0.05) is 24.3 Å². The highest BCUT2D eigenvalue weighted by molar-refractivity contribution is 14.0. The van der Waals surface area contributed by atoms with Gasteiger partial charge in [0.05, 0.1) is 11.4 Å². The monoisotopic (exact) mass is 548 g/mol. The van der Waals surface area contributed by atoms with Gasteiger partial charge in [-0.25, -0.2) is 22.5 Å². The quantitative estimate of drug-likeness (QED) is 0.280. The minimum atomic E-state index is -3.72. The van der Waals surface area contributed by atoms with Crippen LogP contribution in [0, 0.1) is 5.82 Å². The van der Waals surface area contributed by atoms with E-state index < -0.39 is 15.8 Å². The van der Waals surface area contributed by atoms with Gasteiger partial charge in [0.15, 0.2) is 5.96 Å². The highest BCUT2D eigenvalue weighted by Crippen LogP contribution is 2.13. The van der Waals surface area contributed by atoms with Crippen LogP contribution < -0.4 is 15.4 Å². The predicted octanol–water partition coefficient (Wildman–Crippen LogP) is 3.78. The number of hydrogen-bond donors (Lipinski definition) is 3. The topological polar surface area (TPSA) is 82.6 Å². The third-order valence-electron chi connectivity index (χ3n) is 3.82. The molecular weight excluding hydrogens is 518 g/mol. The maximum Gasteiger partial charge on any atom is 0.240 e. The number of hydrogen-bond acceptors (Lipinski definition) is 3. The minimum Gasteiger partial charge on any atom is -0.357 e. The number of sulfonamides is 1. The zero-order valence-electron chi connectivity index (χ0n) is 17.7. The number of benzene rings is 2. The summed E-state index contributed by atoms with van der Waals surface area (Å²) in [4.78, 5) is 4.68. The molecule has 0 atom stereocenters. The molecule has 0 amide bonds. The molecule has 0 fully saturated rings. The van der Waals surface area contributed by atoms with Crippen LogP contribution in [-0.4, -0.2) is 26.5 Å². The van der Waals surface area contributed by atoms with E-state index >= 15 is 0 Å². The Morgan fingerprint density at radius 2 is 1.73 bits per heavy atom. The van der Waals surface area contributed by atoms with E-state index in [-0.39, 0.29) is 41.0 Å². The lowest BCUT2D eigenvalue weighted by Gasteiger charge is -2.23. The molecule has 9 heteroatoms. The van der Waals surface area contributed by atoms with Crippen molar-refractivity contribution in [2.45, 2.75) is 51.2 Å². The van der Waals surface area contributed by atoms with Gasteiger partial charge in [0, 0.05) is 18.6 Å². The smallest absolute Gasteiger partial charge is 0.240 e. The number of rotatable bonds is 7. The van der Waals surface area contributed by atoms with Gasteiger partial charge in [-0.3, -0.25) is 0 Å². The van der Waals surface area contributed by atoms with Crippen LogP contribution in [0.15, 0.2) is 58.4 Å². The van der Waals surface area contributed by atoms with Crippen LogP contribution >= 0.6 is 24.0 Å². The molecule has 0 radical (unpaired) electrons. The summed E-state index contributed by atoms with van der Waals surface area (Å²) < 4.78 is 41.0. The average molecular weight is 548 g/mol. The Bertz CT molecular complexity index is 959. The van der Waals surface area contributed by atoms with Crippen LogP contribution in [0.5, 0.6) is 0 Å². The van der Waals surface area contributed by atoms with E-state index in [9.17, 15) is 12.8 Å². The number of aliphatic imine (C=N–C) groups is 1. The summed E-state index contributed by atoms with van der Waals surface area (Å²) in [5, 5.41) is 6.47. The van der Waals surface area contributed by atoms with Gasteiger partial charge in [0.25, 0.3) is 0 Å². The lowest BCUT2D eigenvalue weighted by Crippen LogP contribution is -2.47. The van der Waals surface area contributed by atoms with Crippen LogP contribution in [0.25, 0.3) is 0 Å². The van der Waals surface area contributed by atoms with Crippen molar-refractivity contribution >= 4 is 40.0 Å². The Labute approximate surface area is 195 Å². The minimum absolute atomic E-state index is 0. The van der Waals surface area contributed by atoms with Crippen molar-refractivity contribution < 1.29 is 12.8 Å². The first-order valence-electron chi connectivity index (χ1n) is 9.48. The molecule has 0 aliphatic rings. The van der Waals surface area contributed by atoms with Crippen molar-refractivity contribution in [1.29, 1.82) is 0 Å². The lowest BCUT2D eigenvalue weighted by atomic mass is 10.1. The van der Waals surface area contributed by atoms with Crippen LogP contribution in [0.1, 0.15) is 38.8 Å². The second kappa shape index (κ2) is 11.6. The van der Waals surface area contributed by atoms with Crippen LogP contribution in [0.2, 0.25) is 0 Å². The molecule has 0 saturated heterocycles. The Hall–Kier alpha value is -1.72. The SMILES string of the molecule is CCNC(=NCc1cccc(S(=O)(=O)NCc2cccc(F)c2)c1)NC(C)(C)C.I. The fourth-order valence-electron chi connectivity index (χ4n) is 2.55. The van der Waals surface area contributed by atoms with E-state index in [1.165, 1.54) is 18.2 Å². The summed E-state index contributed by atoms with van der Waals surface area (Å²) in [6.07, 6.45) is 0. The standard InChI is InChI=1S/C21H29FN4O2S.HI/c1-5-23-20(26-21(2,3)4)24-14-17-9-7-11-19(13-17)29(27,28)25-15-16-8-6-10-18(22)12-16;/h6-13,25H,5,14-15H2,1-4H3,(H2,23,24,26);1H. The van der Waals surface area contributed by atoms with E-state index in [4.69, 9.17) is 0 Å². The van der Waals surface area contributed by atoms with Gasteiger partial charge >= 0.3 is 0 Å². The Balaban J connectivity index is 0.00000450. The zero-order chi connectivity index (χ0) is 21.5. The Morgan fingerprint density at radius 1 is 1.07 bits per heavy atom. The number of halogens is 2. The van der Waals surface area contributed by atoms with Crippen molar-refractivity contribution in [1.82, 2.24) is 15.4 Å². The van der Waals surface area contributed by atoms with E-state index in [1.54, 1.807) is 24.3 Å². The summed E-state index contributed by atoms with van der Waals surface area (Å²) in [6.45, 7) is 9.17. The van der Waals surface area contributed by atoms with Crippen LogP contribution in [0.3, 0.4) is 0 Å². The van der Waals surface area contributed by atoms with E-state index in [1.807, 2.05) is 33.8 Å². The second-order valence-electron chi connectivity index (χ2n) is 7.67. The van der Waals surface area contributed by atoms with E-state index in [2.05, 4.69) is 20.3 Å². The normalized spacial score (nSPS) is 12.2. The summed E-state index contributed by atoms with van der Waals surface area (Å²) in [6, 6.07) is 12.5. The zero-order valence-corrected chi connectivity index (χ0v) is 20.8. The first-order valence-corrected chi connectivity index (χ1v) is 11.0. The fourth-order valence-corrected chi connectivity index (χ4v) is 3.64. The van der Waals surface area contributed by atoms with Crippen molar-refractivity contribution in [3.63, 3.8) is 0 Å². The molecule has 0 unspecified atom stereocenters. The molecule has 2 rings (SSSR count). The van der Waals surface area contributed by atoms with Crippen LogP contribution in [-0.2, 0) is 23.1 Å². The molecule has 166 valence electrons. The van der Waals surface area contributed by atoms with E-state index in [0.29, 0.717) is 18.1 Å². The third-order valence-corrected chi connectivity index (χ3v) is 5.22. The molecular formula is C21H30FIN4O2S. The van der Waals surface area contributed by atoms with Gasteiger partial charge in [0.2, 0.25) is 10.0 Å². The fraction of sp³-hybridized carbons (Fsp3) is 0.381. The molecule has 2 aromatic rings. The molecule has 0 heterocycles. The summed E-state index contributed by atoms with van der Waals surface area (Å²) in [7, 11) is -3.72. The van der Waals surface area contributed by atoms with Gasteiger partial charge in [-0.2, -0.15) is 0 Å². The van der Waals surface area contributed by atoms with Crippen molar-refractivity contribution in [2.24, 2.45) is 4.99 Å². The average Bonchev–Trinajstić information content (AvgIpc) is 2.64. The lowest BCUT2D eigenvalue weighted by molar-refractivity contribution is 0.501. The van der Waals surface area contributed by atoms with Gasteiger partial charge in [0.1, 0.15) is 5.82 Å². The number of nitrogens with zero attached hydrogens (tertiary/aromatic N) is 1. The van der Waals surface area contributed by atoms with Crippen molar-refractivity contribution in [3.8, 4) is 0 Å². The third kappa shape index (κ3) is 8.97. The highest BCUT2D eigenvalue weighted by Gasteiger charge is 2.15. The second-order valence-corrected chi connectivity index (χ2v) is 9.44. The maximum absolute atomic E-state index is 13.3. The Kier molecular flexibility index (Phi) is 10.2. The van der Waals surface area contributed by atoms with Crippen molar-refractivity contribution in [2.75, 3.05) is 6.54 Å². The summed E-state index contributed by atoms with van der Waals surface area (Å²) >= 11 is 0. The highest BCUT2D eigenvalue weighted by atomic mass is 127. The first kappa shape index (κ1) is 26.3. The van der Waals surface area contributed by atoms with Gasteiger partial charge in [-0.15, -0.1) is 24.0 Å². The largest absolute Gasteiger partial charge is 0.357 e. The molecule has 2 aromatic carbocycles. The molecule has 0 bridgehead atoms. The van der Waals surface area contributed by atoms with Crippen molar-refractivity contribution in [3.05, 3.63) is 65.5 Å². The summed E-state index contributed by atoms with van der Waals surface area (Å²) in [5.41, 5.74) is 1.18. The molecule has 30 heavy (non-hydrogen) atoms. The number of guanidine groups is 1. The molecule has 0 aliphatic carbocycles. The predicted molar refractivity (Wildman–Crippen MR) is 130 cm³/mol.